The molecule has 0 aliphatic heterocycles. The van der Waals surface area contributed by atoms with Crippen molar-refractivity contribution in [3.63, 3.8) is 0 Å². The minimum Gasteiger partial charge on any atom is -0.310 e. The van der Waals surface area contributed by atoms with Crippen LogP contribution in [0.3, 0.4) is 0 Å². The molecule has 0 fully saturated rings. The molecule has 0 saturated carbocycles. The number of nitrogens with one attached hydrogen (secondary N) is 1. The summed E-state index contributed by atoms with van der Waals surface area (Å²) in [6, 6.07) is 11.1. The van der Waals surface area contributed by atoms with E-state index in [1.165, 1.54) is 16.8 Å². The molecule has 1 aromatic carbocycles. The lowest BCUT2D eigenvalue weighted by Crippen LogP contribution is -2.27. The first-order valence-corrected chi connectivity index (χ1v) is 6.97. The van der Waals surface area contributed by atoms with E-state index >= 15 is 0 Å². The van der Waals surface area contributed by atoms with Crippen molar-refractivity contribution in [2.45, 2.75) is 39.3 Å². The van der Waals surface area contributed by atoms with Gasteiger partial charge in [-0.3, -0.25) is 4.68 Å². The van der Waals surface area contributed by atoms with E-state index in [1.54, 1.807) is 0 Å². The van der Waals surface area contributed by atoms with E-state index in [0.29, 0.717) is 6.04 Å². The van der Waals surface area contributed by atoms with Crippen LogP contribution in [-0.2, 0) is 26.4 Å². The summed E-state index contributed by atoms with van der Waals surface area (Å²) in [7, 11) is 1.98. The average molecular weight is 257 g/mol. The highest BCUT2D eigenvalue weighted by Crippen LogP contribution is 2.08. The summed E-state index contributed by atoms with van der Waals surface area (Å²) in [5.74, 6) is 0. The molecule has 3 heteroatoms. The number of nitrogens with zero attached hydrogens (tertiary/aromatic N) is 2. The van der Waals surface area contributed by atoms with Gasteiger partial charge in [0.2, 0.25) is 0 Å². The Bertz CT molecular complexity index is 502. The van der Waals surface area contributed by atoms with Crippen LogP contribution in [0.2, 0.25) is 0 Å². The van der Waals surface area contributed by atoms with Crippen LogP contribution < -0.4 is 5.32 Å². The molecule has 2 aromatic rings. The third-order valence-electron chi connectivity index (χ3n) is 3.35. The van der Waals surface area contributed by atoms with Gasteiger partial charge in [-0.2, -0.15) is 5.10 Å². The molecule has 1 unspecified atom stereocenters. The van der Waals surface area contributed by atoms with Gasteiger partial charge in [-0.15, -0.1) is 0 Å². The lowest BCUT2D eigenvalue weighted by atomic mass is 10.1. The molecular formula is C16H23N3. The third-order valence-corrected chi connectivity index (χ3v) is 3.35. The van der Waals surface area contributed by atoms with Gasteiger partial charge in [-0.25, -0.2) is 0 Å². The Labute approximate surface area is 115 Å². The first kappa shape index (κ1) is 13.8. The minimum absolute atomic E-state index is 0.465. The fourth-order valence-corrected chi connectivity index (χ4v) is 2.35. The molecule has 1 atom stereocenters. The molecule has 2 rings (SSSR count). The summed E-state index contributed by atoms with van der Waals surface area (Å²) < 4.78 is 1.90. The van der Waals surface area contributed by atoms with Gasteiger partial charge in [0.1, 0.15) is 0 Å². The maximum Gasteiger partial charge on any atom is 0.0666 e. The van der Waals surface area contributed by atoms with Crippen LogP contribution in [-0.4, -0.2) is 15.8 Å². The van der Waals surface area contributed by atoms with Crippen LogP contribution >= 0.6 is 0 Å². The summed E-state index contributed by atoms with van der Waals surface area (Å²) >= 11 is 0. The van der Waals surface area contributed by atoms with Crippen LogP contribution in [0.15, 0.2) is 36.5 Å². The van der Waals surface area contributed by atoms with Gasteiger partial charge in [-0.1, -0.05) is 37.3 Å². The standard InChI is InChI=1S/C16H23N3/c1-4-16-15(12-19(3)18-16)11-17-13(2)10-14-8-6-5-7-9-14/h5-9,12-13,17H,4,10-11H2,1-3H3. The van der Waals surface area contributed by atoms with Gasteiger partial charge >= 0.3 is 0 Å². The van der Waals surface area contributed by atoms with Crippen molar-refractivity contribution in [1.29, 1.82) is 0 Å². The molecule has 0 saturated heterocycles. The van der Waals surface area contributed by atoms with Crippen LogP contribution in [0.5, 0.6) is 0 Å². The van der Waals surface area contributed by atoms with Crippen molar-refractivity contribution >= 4 is 0 Å². The average Bonchev–Trinajstić information content (AvgIpc) is 2.78. The van der Waals surface area contributed by atoms with Crippen LogP contribution in [0.4, 0.5) is 0 Å². The van der Waals surface area contributed by atoms with Gasteiger partial charge in [0.15, 0.2) is 0 Å². The van der Waals surface area contributed by atoms with E-state index in [2.05, 4.69) is 60.8 Å². The zero-order chi connectivity index (χ0) is 13.7. The SMILES string of the molecule is CCc1nn(C)cc1CNC(C)Cc1ccccc1. The Kier molecular flexibility index (Phi) is 4.74. The minimum atomic E-state index is 0.465. The smallest absolute Gasteiger partial charge is 0.0666 e. The maximum atomic E-state index is 4.47. The van der Waals surface area contributed by atoms with Gasteiger partial charge < -0.3 is 5.32 Å². The predicted octanol–water partition coefficient (Wildman–Crippen LogP) is 2.70. The van der Waals surface area contributed by atoms with Crippen LogP contribution in [0.25, 0.3) is 0 Å². The molecule has 3 nitrogen and oxygen atoms in total. The van der Waals surface area contributed by atoms with Crippen molar-refractivity contribution in [1.82, 2.24) is 15.1 Å². The van der Waals surface area contributed by atoms with Crippen LogP contribution in [0.1, 0.15) is 30.7 Å². The second-order valence-corrected chi connectivity index (χ2v) is 5.10. The number of aromatic nitrogens is 2. The molecule has 0 bridgehead atoms. The van der Waals surface area contributed by atoms with E-state index < -0.39 is 0 Å². The molecule has 1 aromatic heterocycles. The summed E-state index contributed by atoms with van der Waals surface area (Å²) in [5.41, 5.74) is 3.89. The number of aryl methyl sites for hydroxylation is 2. The first-order valence-electron chi connectivity index (χ1n) is 6.97. The molecule has 19 heavy (non-hydrogen) atoms. The highest BCUT2D eigenvalue weighted by molar-refractivity contribution is 5.18. The lowest BCUT2D eigenvalue weighted by Gasteiger charge is -2.13. The van der Waals surface area contributed by atoms with E-state index in [4.69, 9.17) is 0 Å². The van der Waals surface area contributed by atoms with Gasteiger partial charge in [0, 0.05) is 31.4 Å². The second kappa shape index (κ2) is 6.53. The fourth-order valence-electron chi connectivity index (χ4n) is 2.35. The van der Waals surface area contributed by atoms with Crippen LogP contribution in [0, 0.1) is 0 Å². The van der Waals surface area contributed by atoms with E-state index in [9.17, 15) is 0 Å². The normalized spacial score (nSPS) is 12.6. The van der Waals surface area contributed by atoms with Crippen molar-refractivity contribution < 1.29 is 0 Å². The van der Waals surface area contributed by atoms with Gasteiger partial charge in [0.25, 0.3) is 0 Å². The monoisotopic (exact) mass is 257 g/mol. The molecule has 1 N–H and O–H groups in total. The Balaban J connectivity index is 1.88. The molecule has 0 spiro atoms. The summed E-state index contributed by atoms with van der Waals surface area (Å²) in [6.07, 6.45) is 4.16. The quantitative estimate of drug-likeness (QED) is 0.862. The number of hydrogen-bond donors (Lipinski definition) is 1. The topological polar surface area (TPSA) is 29.9 Å². The van der Waals surface area contributed by atoms with Crippen molar-refractivity contribution in [2.75, 3.05) is 0 Å². The molecule has 0 aliphatic carbocycles. The van der Waals surface area contributed by atoms with Gasteiger partial charge in [0.05, 0.1) is 5.69 Å². The van der Waals surface area contributed by atoms with E-state index in [0.717, 1.165) is 19.4 Å². The van der Waals surface area contributed by atoms with E-state index in [1.807, 2.05) is 11.7 Å². The largest absolute Gasteiger partial charge is 0.310 e. The number of benzene rings is 1. The van der Waals surface area contributed by atoms with Crippen molar-refractivity contribution in [3.8, 4) is 0 Å². The summed E-state index contributed by atoms with van der Waals surface area (Å²) in [6.45, 7) is 5.28. The third kappa shape index (κ3) is 3.93. The second-order valence-electron chi connectivity index (χ2n) is 5.10. The molecule has 1 heterocycles. The fraction of sp³-hybridized carbons (Fsp3) is 0.438. The number of rotatable bonds is 6. The zero-order valence-electron chi connectivity index (χ0n) is 12.1. The number of hydrogen-bond acceptors (Lipinski definition) is 2. The maximum absolute atomic E-state index is 4.47. The molecule has 0 aliphatic rings. The zero-order valence-corrected chi connectivity index (χ0v) is 12.1. The molecule has 0 radical (unpaired) electrons. The molecule has 102 valence electrons. The highest BCUT2D eigenvalue weighted by Gasteiger charge is 2.08. The van der Waals surface area contributed by atoms with Gasteiger partial charge in [-0.05, 0) is 25.3 Å². The van der Waals surface area contributed by atoms with E-state index in [-0.39, 0.29) is 0 Å². The summed E-state index contributed by atoms with van der Waals surface area (Å²) in [5, 5.41) is 8.05. The predicted molar refractivity (Wildman–Crippen MR) is 79.0 cm³/mol. The Morgan fingerprint density at radius 1 is 1.26 bits per heavy atom. The molecular weight excluding hydrogens is 234 g/mol. The first-order chi connectivity index (χ1) is 9.19. The Morgan fingerprint density at radius 2 is 2.00 bits per heavy atom. The van der Waals surface area contributed by atoms with Crippen molar-refractivity contribution in [3.05, 3.63) is 53.3 Å². The summed E-state index contributed by atoms with van der Waals surface area (Å²) in [4.78, 5) is 0. The molecule has 0 amide bonds. The van der Waals surface area contributed by atoms with Crippen molar-refractivity contribution in [2.24, 2.45) is 7.05 Å². The highest BCUT2D eigenvalue weighted by atomic mass is 15.3. The Morgan fingerprint density at radius 3 is 2.68 bits per heavy atom. The lowest BCUT2D eigenvalue weighted by molar-refractivity contribution is 0.544. The Hall–Kier alpha value is -1.61.